The molecule has 0 aliphatic carbocycles. The molecule has 3 rings (SSSR count). The summed E-state index contributed by atoms with van der Waals surface area (Å²) in [4.78, 5) is 8.53. The number of nitrogen functional groups attached to an aromatic ring is 1. The van der Waals surface area contributed by atoms with Crippen molar-refractivity contribution in [1.82, 2.24) is 9.97 Å². The minimum atomic E-state index is -2.71. The Labute approximate surface area is 146 Å². The van der Waals surface area contributed by atoms with Gasteiger partial charge in [0.15, 0.2) is 0 Å². The number of aromatic nitrogens is 2. The molecule has 1 aromatic heterocycles. The molecule has 9 heteroatoms. The lowest BCUT2D eigenvalue weighted by atomic mass is 10.3. The zero-order chi connectivity index (χ0) is 17.6. The fourth-order valence-corrected chi connectivity index (χ4v) is 2.45. The van der Waals surface area contributed by atoms with Crippen molar-refractivity contribution in [3.63, 3.8) is 0 Å². The van der Waals surface area contributed by atoms with E-state index < -0.39 is 10.9 Å². The number of nitrogens with zero attached hydrogens (tertiary/aromatic N) is 2. The number of anilines is 6. The summed E-state index contributed by atoms with van der Waals surface area (Å²) >= 11 is 0. The highest BCUT2D eigenvalue weighted by Crippen LogP contribution is 2.20. The van der Waals surface area contributed by atoms with Gasteiger partial charge in [0.2, 0.25) is 16.8 Å². The average molecular weight is 356 g/mol. The molecular weight excluding hydrogens is 340 g/mol. The number of hydrogen-bond acceptors (Lipinski definition) is 7. The molecule has 8 nitrogen and oxygen atoms in total. The van der Waals surface area contributed by atoms with E-state index in [1.165, 1.54) is 0 Å². The molecule has 1 heterocycles. The van der Waals surface area contributed by atoms with Crippen LogP contribution in [0, 0.1) is 0 Å². The Morgan fingerprint density at radius 1 is 0.880 bits per heavy atom. The van der Waals surface area contributed by atoms with Gasteiger partial charge < -0.3 is 16.4 Å². The van der Waals surface area contributed by atoms with Crippen LogP contribution in [0.4, 0.5) is 34.5 Å². The van der Waals surface area contributed by atoms with Gasteiger partial charge in [-0.25, -0.2) is 13.4 Å². The van der Waals surface area contributed by atoms with Crippen LogP contribution in [0.3, 0.4) is 0 Å². The second-order valence-corrected chi connectivity index (χ2v) is 5.83. The van der Waals surface area contributed by atoms with Crippen molar-refractivity contribution in [3.05, 3.63) is 60.8 Å². The molecular formula is C16H16N6O2S. The molecule has 0 fully saturated rings. The Morgan fingerprint density at radius 2 is 1.64 bits per heavy atom. The number of nitrogens with two attached hydrogens (primary N) is 1. The van der Waals surface area contributed by atoms with E-state index in [1.807, 2.05) is 12.1 Å². The van der Waals surface area contributed by atoms with E-state index in [9.17, 15) is 8.42 Å². The fourth-order valence-electron chi connectivity index (χ4n) is 2.10. The molecule has 0 amide bonds. The first-order valence-corrected chi connectivity index (χ1v) is 8.50. The van der Waals surface area contributed by atoms with Crippen molar-refractivity contribution >= 4 is 45.4 Å². The monoisotopic (exact) mass is 356 g/mol. The zero-order valence-electron chi connectivity index (χ0n) is 13.0. The van der Waals surface area contributed by atoms with Gasteiger partial charge in [-0.3, -0.25) is 4.72 Å². The standard InChI is InChI=1S/C16H16N6O2S/c17-11-4-6-12(7-5-11)19-15-8-9-18-16(21-15)20-13-2-1-3-14(10-13)22-25(23)24/h1-10,25H,17H2,(H,22,23,24)(H2,18,19,20,21). The highest BCUT2D eigenvalue weighted by molar-refractivity contribution is 7.73. The van der Waals surface area contributed by atoms with Crippen LogP contribution in [-0.2, 0) is 10.9 Å². The Hall–Kier alpha value is -3.33. The van der Waals surface area contributed by atoms with Crippen LogP contribution in [0.15, 0.2) is 60.8 Å². The summed E-state index contributed by atoms with van der Waals surface area (Å²) in [7, 11) is -2.71. The second-order valence-electron chi connectivity index (χ2n) is 5.09. The van der Waals surface area contributed by atoms with Gasteiger partial charge in [0, 0.05) is 23.3 Å². The fraction of sp³-hybridized carbons (Fsp3) is 0. The Bertz CT molecular complexity index is 935. The smallest absolute Gasteiger partial charge is 0.229 e. The van der Waals surface area contributed by atoms with Crippen LogP contribution in [0.1, 0.15) is 0 Å². The molecule has 0 saturated heterocycles. The highest BCUT2D eigenvalue weighted by atomic mass is 32.2. The average Bonchev–Trinajstić information content (AvgIpc) is 2.57. The van der Waals surface area contributed by atoms with Crippen LogP contribution >= 0.6 is 0 Å². The minimum Gasteiger partial charge on any atom is -0.399 e. The number of benzene rings is 2. The van der Waals surface area contributed by atoms with Gasteiger partial charge in [0.05, 0.1) is 5.69 Å². The molecule has 0 aliphatic rings. The third-order valence-corrected chi connectivity index (χ3v) is 3.62. The number of thiol groups is 1. The molecule has 128 valence electrons. The van der Waals surface area contributed by atoms with E-state index in [0.29, 0.717) is 28.8 Å². The highest BCUT2D eigenvalue weighted by Gasteiger charge is 2.02. The Kier molecular flexibility index (Phi) is 4.95. The molecule has 0 atom stereocenters. The second kappa shape index (κ2) is 7.49. The maximum atomic E-state index is 10.7. The van der Waals surface area contributed by atoms with E-state index in [2.05, 4.69) is 25.3 Å². The van der Waals surface area contributed by atoms with Crippen LogP contribution in [0.5, 0.6) is 0 Å². The maximum Gasteiger partial charge on any atom is 0.229 e. The van der Waals surface area contributed by atoms with Crippen molar-refractivity contribution in [1.29, 1.82) is 0 Å². The molecule has 0 unspecified atom stereocenters. The van der Waals surface area contributed by atoms with E-state index in [4.69, 9.17) is 5.73 Å². The molecule has 0 spiro atoms. The van der Waals surface area contributed by atoms with Crippen molar-refractivity contribution < 1.29 is 8.42 Å². The summed E-state index contributed by atoms with van der Waals surface area (Å²) in [6.45, 7) is 0. The lowest BCUT2D eigenvalue weighted by Crippen LogP contribution is -2.01. The lowest BCUT2D eigenvalue weighted by Gasteiger charge is -2.09. The molecule has 3 aromatic rings. The van der Waals surface area contributed by atoms with Gasteiger partial charge in [-0.05, 0) is 48.5 Å². The number of nitrogens with one attached hydrogen (secondary N) is 3. The third-order valence-electron chi connectivity index (χ3n) is 3.18. The maximum absolute atomic E-state index is 10.7. The SMILES string of the molecule is Nc1ccc(Nc2ccnc(Nc3cccc(N[SH](=O)=O)c3)n2)cc1. The molecule has 0 aliphatic heterocycles. The van der Waals surface area contributed by atoms with Gasteiger partial charge >= 0.3 is 0 Å². The minimum absolute atomic E-state index is 0.379. The summed E-state index contributed by atoms with van der Waals surface area (Å²) in [5.41, 5.74) is 8.32. The van der Waals surface area contributed by atoms with Gasteiger partial charge in [-0.1, -0.05) is 6.07 Å². The Morgan fingerprint density at radius 3 is 2.40 bits per heavy atom. The van der Waals surface area contributed by atoms with Crippen molar-refractivity contribution in [2.45, 2.75) is 0 Å². The van der Waals surface area contributed by atoms with Crippen LogP contribution in [-0.4, -0.2) is 18.4 Å². The predicted molar refractivity (Wildman–Crippen MR) is 99.8 cm³/mol. The molecule has 0 bridgehead atoms. The topological polar surface area (TPSA) is 122 Å². The molecule has 5 N–H and O–H groups in total. The third kappa shape index (κ3) is 4.82. The van der Waals surface area contributed by atoms with Crippen LogP contribution in [0.25, 0.3) is 0 Å². The van der Waals surface area contributed by atoms with E-state index in [0.717, 1.165) is 5.69 Å². The normalized spacial score (nSPS) is 10.4. The van der Waals surface area contributed by atoms with Crippen molar-refractivity contribution in [2.24, 2.45) is 0 Å². The Balaban J connectivity index is 1.74. The summed E-state index contributed by atoms with van der Waals surface area (Å²) in [5.74, 6) is 0.989. The van der Waals surface area contributed by atoms with E-state index >= 15 is 0 Å². The first-order chi connectivity index (χ1) is 12.1. The van der Waals surface area contributed by atoms with Crippen molar-refractivity contribution in [2.75, 3.05) is 21.1 Å². The van der Waals surface area contributed by atoms with Gasteiger partial charge in [0.1, 0.15) is 5.82 Å². The molecule has 2 aromatic carbocycles. The van der Waals surface area contributed by atoms with Gasteiger partial charge in [0.25, 0.3) is 0 Å². The molecule has 0 saturated carbocycles. The van der Waals surface area contributed by atoms with Crippen molar-refractivity contribution in [3.8, 4) is 0 Å². The number of rotatable bonds is 6. The lowest BCUT2D eigenvalue weighted by molar-refractivity contribution is 0.619. The summed E-state index contributed by atoms with van der Waals surface area (Å²) in [5, 5.41) is 6.19. The summed E-state index contributed by atoms with van der Waals surface area (Å²) < 4.78 is 23.8. The quantitative estimate of drug-likeness (QED) is 0.340. The van der Waals surface area contributed by atoms with E-state index in [1.54, 1.807) is 48.7 Å². The van der Waals surface area contributed by atoms with Gasteiger partial charge in [-0.2, -0.15) is 4.98 Å². The van der Waals surface area contributed by atoms with E-state index in [-0.39, 0.29) is 0 Å². The molecule has 25 heavy (non-hydrogen) atoms. The summed E-state index contributed by atoms with van der Waals surface area (Å²) in [6, 6.07) is 15.8. The first-order valence-electron chi connectivity index (χ1n) is 7.32. The summed E-state index contributed by atoms with van der Waals surface area (Å²) in [6.07, 6.45) is 1.62. The van der Waals surface area contributed by atoms with Gasteiger partial charge in [-0.15, -0.1) is 0 Å². The largest absolute Gasteiger partial charge is 0.399 e. The zero-order valence-corrected chi connectivity index (χ0v) is 13.9. The van der Waals surface area contributed by atoms with Crippen LogP contribution in [0.2, 0.25) is 0 Å². The predicted octanol–water partition coefficient (Wildman–Crippen LogP) is 2.48. The number of hydrogen-bond donors (Lipinski definition) is 5. The first kappa shape index (κ1) is 16.5. The van der Waals surface area contributed by atoms with Crippen LogP contribution < -0.4 is 21.1 Å². The molecule has 0 radical (unpaired) electrons.